The van der Waals surface area contributed by atoms with E-state index in [0.717, 1.165) is 34.8 Å². The number of benzene rings is 1. The van der Waals surface area contributed by atoms with Crippen LogP contribution in [0.15, 0.2) is 28.7 Å². The van der Waals surface area contributed by atoms with Crippen molar-refractivity contribution in [2.75, 3.05) is 18.9 Å². The molecule has 2 rings (SSSR count). The molecule has 1 heterocycles. The second-order valence-electron chi connectivity index (χ2n) is 4.34. The zero-order valence-corrected chi connectivity index (χ0v) is 13.5. The molecule has 4 nitrogen and oxygen atoms in total. The summed E-state index contributed by atoms with van der Waals surface area (Å²) in [4.78, 5) is 2.23. The van der Waals surface area contributed by atoms with Crippen molar-refractivity contribution in [3.05, 3.63) is 40.0 Å². The Hall–Kier alpha value is -0.980. The van der Waals surface area contributed by atoms with Gasteiger partial charge in [0.15, 0.2) is 0 Å². The molecule has 0 radical (unpaired) electrons. The summed E-state index contributed by atoms with van der Waals surface area (Å²) in [6.45, 7) is 4.64. The van der Waals surface area contributed by atoms with Gasteiger partial charge in [-0.05, 0) is 25.6 Å². The summed E-state index contributed by atoms with van der Waals surface area (Å²) in [5.41, 5.74) is 2.29. The summed E-state index contributed by atoms with van der Waals surface area (Å²) < 4.78 is 5.16. The summed E-state index contributed by atoms with van der Waals surface area (Å²) in [5.74, 6) is 0. The smallest absolute Gasteiger partial charge is 0.134 e. The van der Waals surface area contributed by atoms with E-state index >= 15 is 0 Å². The van der Waals surface area contributed by atoms with Crippen LogP contribution in [-0.2, 0) is 13.1 Å². The normalized spacial score (nSPS) is 10.9. The molecule has 0 aliphatic rings. The summed E-state index contributed by atoms with van der Waals surface area (Å²) in [7, 11) is 2.09. The molecule has 0 amide bonds. The van der Waals surface area contributed by atoms with Gasteiger partial charge < -0.3 is 5.32 Å². The predicted octanol–water partition coefficient (Wildman–Crippen LogP) is 3.36. The Balaban J connectivity index is 1.99. The Bertz CT molecular complexity index is 529. The molecule has 0 atom stereocenters. The molecule has 0 saturated heterocycles. The van der Waals surface area contributed by atoms with Crippen LogP contribution in [0.1, 0.15) is 18.2 Å². The van der Waals surface area contributed by atoms with Gasteiger partial charge >= 0.3 is 0 Å². The van der Waals surface area contributed by atoms with Crippen molar-refractivity contribution in [1.29, 1.82) is 0 Å². The molecule has 0 fully saturated rings. The maximum absolute atomic E-state index is 4.19. The second kappa shape index (κ2) is 6.98. The lowest BCUT2D eigenvalue weighted by atomic mass is 10.2. The van der Waals surface area contributed by atoms with Crippen molar-refractivity contribution in [3.8, 4) is 0 Å². The van der Waals surface area contributed by atoms with E-state index in [-0.39, 0.29) is 0 Å². The highest BCUT2D eigenvalue weighted by Gasteiger charge is 2.11. The largest absolute Gasteiger partial charge is 0.374 e. The van der Waals surface area contributed by atoms with Crippen LogP contribution in [0.25, 0.3) is 0 Å². The fraction of sp³-hybridized carbons (Fsp3) is 0.385. The standard InChI is InChI=1S/C13H17BrN4S/c1-3-15-13-12(16-17-19-13)9-18(2)8-10-6-4-5-7-11(10)14/h4-7,15H,3,8-9H2,1-2H3. The molecule has 0 aliphatic carbocycles. The van der Waals surface area contributed by atoms with Crippen LogP contribution in [0.3, 0.4) is 0 Å². The van der Waals surface area contributed by atoms with Gasteiger partial charge in [0.1, 0.15) is 10.7 Å². The van der Waals surface area contributed by atoms with E-state index in [2.05, 4.69) is 67.9 Å². The lowest BCUT2D eigenvalue weighted by Crippen LogP contribution is -2.18. The molecule has 102 valence electrons. The molecule has 0 spiro atoms. The van der Waals surface area contributed by atoms with Crippen LogP contribution in [0.4, 0.5) is 5.00 Å². The summed E-state index contributed by atoms with van der Waals surface area (Å²) in [6, 6.07) is 8.28. The van der Waals surface area contributed by atoms with Gasteiger partial charge in [0.2, 0.25) is 0 Å². The number of hydrogen-bond acceptors (Lipinski definition) is 5. The Morgan fingerprint density at radius 3 is 2.84 bits per heavy atom. The van der Waals surface area contributed by atoms with Gasteiger partial charge in [-0.15, -0.1) is 5.10 Å². The maximum Gasteiger partial charge on any atom is 0.134 e. The molecule has 0 aliphatic heterocycles. The first-order valence-electron chi connectivity index (χ1n) is 6.17. The SMILES string of the molecule is CCNc1snnc1CN(C)Cc1ccccc1Br. The zero-order valence-electron chi connectivity index (χ0n) is 11.1. The van der Waals surface area contributed by atoms with E-state index in [0.29, 0.717) is 0 Å². The first-order valence-corrected chi connectivity index (χ1v) is 7.74. The summed E-state index contributed by atoms with van der Waals surface area (Å²) in [5, 5.41) is 8.56. The van der Waals surface area contributed by atoms with Gasteiger partial charge in [-0.25, -0.2) is 0 Å². The molecule has 2 aromatic rings. The fourth-order valence-electron chi connectivity index (χ4n) is 1.84. The van der Waals surface area contributed by atoms with Crippen LogP contribution in [-0.4, -0.2) is 28.1 Å². The molecule has 6 heteroatoms. The third kappa shape index (κ3) is 3.99. The van der Waals surface area contributed by atoms with Gasteiger partial charge in [0.05, 0.1) is 0 Å². The van der Waals surface area contributed by atoms with Crippen molar-refractivity contribution in [2.24, 2.45) is 0 Å². The van der Waals surface area contributed by atoms with E-state index in [1.165, 1.54) is 17.1 Å². The molecule has 1 N–H and O–H groups in total. The minimum Gasteiger partial charge on any atom is -0.374 e. The average Bonchev–Trinajstić information content (AvgIpc) is 2.80. The minimum atomic E-state index is 0.792. The van der Waals surface area contributed by atoms with Crippen molar-refractivity contribution >= 4 is 32.5 Å². The highest BCUT2D eigenvalue weighted by Crippen LogP contribution is 2.21. The van der Waals surface area contributed by atoms with Crippen LogP contribution >= 0.6 is 27.5 Å². The number of nitrogens with zero attached hydrogens (tertiary/aromatic N) is 3. The van der Waals surface area contributed by atoms with Crippen LogP contribution in [0, 0.1) is 0 Å². The minimum absolute atomic E-state index is 0.792. The van der Waals surface area contributed by atoms with E-state index < -0.39 is 0 Å². The van der Waals surface area contributed by atoms with E-state index in [1.54, 1.807) is 0 Å². The highest BCUT2D eigenvalue weighted by molar-refractivity contribution is 9.10. The first kappa shape index (κ1) is 14.4. The molecular weight excluding hydrogens is 324 g/mol. The van der Waals surface area contributed by atoms with Crippen molar-refractivity contribution in [1.82, 2.24) is 14.5 Å². The van der Waals surface area contributed by atoms with Gasteiger partial charge in [0.25, 0.3) is 0 Å². The zero-order chi connectivity index (χ0) is 13.7. The van der Waals surface area contributed by atoms with E-state index in [4.69, 9.17) is 0 Å². The first-order chi connectivity index (χ1) is 9.20. The summed E-state index contributed by atoms with van der Waals surface area (Å²) in [6.07, 6.45) is 0. The Morgan fingerprint density at radius 2 is 2.11 bits per heavy atom. The molecule has 0 unspecified atom stereocenters. The number of hydrogen-bond donors (Lipinski definition) is 1. The molecule has 0 saturated carbocycles. The van der Waals surface area contributed by atoms with Gasteiger partial charge in [-0.1, -0.05) is 38.6 Å². The van der Waals surface area contributed by atoms with Crippen molar-refractivity contribution < 1.29 is 0 Å². The quantitative estimate of drug-likeness (QED) is 0.875. The Labute approximate surface area is 126 Å². The average molecular weight is 341 g/mol. The number of halogens is 1. The third-order valence-corrected chi connectivity index (χ3v) is 4.21. The van der Waals surface area contributed by atoms with Crippen molar-refractivity contribution in [3.63, 3.8) is 0 Å². The van der Waals surface area contributed by atoms with Gasteiger partial charge in [0, 0.05) is 35.6 Å². The number of aromatic nitrogens is 2. The monoisotopic (exact) mass is 340 g/mol. The fourth-order valence-corrected chi connectivity index (χ4v) is 2.89. The highest BCUT2D eigenvalue weighted by atomic mass is 79.9. The van der Waals surface area contributed by atoms with Crippen LogP contribution in [0.5, 0.6) is 0 Å². The van der Waals surface area contributed by atoms with E-state index in [9.17, 15) is 0 Å². The maximum atomic E-state index is 4.19. The van der Waals surface area contributed by atoms with Gasteiger partial charge in [-0.3, -0.25) is 4.90 Å². The van der Waals surface area contributed by atoms with E-state index in [1.807, 2.05) is 6.07 Å². The lowest BCUT2D eigenvalue weighted by Gasteiger charge is -2.16. The molecule has 19 heavy (non-hydrogen) atoms. The lowest BCUT2D eigenvalue weighted by molar-refractivity contribution is 0.315. The molecule has 0 bridgehead atoms. The van der Waals surface area contributed by atoms with Gasteiger partial charge in [-0.2, -0.15) is 0 Å². The molecular formula is C13H17BrN4S. The number of nitrogens with one attached hydrogen (secondary N) is 1. The predicted molar refractivity (Wildman–Crippen MR) is 83.4 cm³/mol. The Morgan fingerprint density at radius 1 is 1.32 bits per heavy atom. The third-order valence-electron chi connectivity index (χ3n) is 2.71. The molecule has 1 aromatic heterocycles. The Kier molecular flexibility index (Phi) is 5.30. The second-order valence-corrected chi connectivity index (χ2v) is 5.95. The number of anilines is 1. The number of rotatable bonds is 6. The van der Waals surface area contributed by atoms with Crippen LogP contribution in [0.2, 0.25) is 0 Å². The molecule has 1 aromatic carbocycles. The van der Waals surface area contributed by atoms with Crippen LogP contribution < -0.4 is 5.32 Å². The topological polar surface area (TPSA) is 41.1 Å². The van der Waals surface area contributed by atoms with Crippen molar-refractivity contribution in [2.45, 2.75) is 20.0 Å². The summed E-state index contributed by atoms with van der Waals surface area (Å²) >= 11 is 4.99.